The van der Waals surface area contributed by atoms with Crippen molar-refractivity contribution in [2.75, 3.05) is 6.61 Å². The lowest BCUT2D eigenvalue weighted by molar-refractivity contribution is -0.672. The van der Waals surface area contributed by atoms with Crippen LogP contribution in [0.5, 0.6) is 5.75 Å². The van der Waals surface area contributed by atoms with E-state index in [9.17, 15) is 4.39 Å². The second-order valence-electron chi connectivity index (χ2n) is 4.69. The molecular weight excluding hydrogens is 267 g/mol. The van der Waals surface area contributed by atoms with Crippen molar-refractivity contribution < 1.29 is 13.7 Å². The van der Waals surface area contributed by atoms with Crippen LogP contribution in [0.25, 0.3) is 17.2 Å². The maximum Gasteiger partial charge on any atom is 0.249 e. The van der Waals surface area contributed by atoms with E-state index >= 15 is 0 Å². The summed E-state index contributed by atoms with van der Waals surface area (Å²) in [5.74, 6) is 0.412. The fraction of sp³-hybridized carbons (Fsp3) is 0.118. The van der Waals surface area contributed by atoms with Gasteiger partial charge >= 0.3 is 0 Å². The van der Waals surface area contributed by atoms with Crippen LogP contribution in [0.2, 0.25) is 0 Å². The number of fused-ring (bicyclic) bond motifs is 1. The van der Waals surface area contributed by atoms with Gasteiger partial charge in [-0.15, -0.1) is 0 Å². The molecular formula is C17H16FN2O+. The summed E-state index contributed by atoms with van der Waals surface area (Å²) >= 11 is 0. The Morgan fingerprint density at radius 3 is 2.67 bits per heavy atom. The molecule has 0 aliphatic carbocycles. The van der Waals surface area contributed by atoms with E-state index in [4.69, 9.17) is 4.74 Å². The molecule has 2 aromatic carbocycles. The van der Waals surface area contributed by atoms with Crippen LogP contribution in [-0.2, 0) is 6.54 Å². The van der Waals surface area contributed by atoms with Gasteiger partial charge < -0.3 is 4.74 Å². The van der Waals surface area contributed by atoms with Crippen LogP contribution in [0.3, 0.4) is 0 Å². The first-order valence-electron chi connectivity index (χ1n) is 6.78. The number of imidazole rings is 1. The first-order chi connectivity index (χ1) is 10.3. The van der Waals surface area contributed by atoms with Gasteiger partial charge in [-0.1, -0.05) is 18.7 Å². The van der Waals surface area contributed by atoms with Crippen molar-refractivity contribution in [3.05, 3.63) is 67.3 Å². The van der Waals surface area contributed by atoms with Crippen molar-refractivity contribution in [2.24, 2.45) is 0 Å². The fourth-order valence-electron chi connectivity index (χ4n) is 2.32. The van der Waals surface area contributed by atoms with E-state index in [0.29, 0.717) is 18.9 Å². The summed E-state index contributed by atoms with van der Waals surface area (Å²) < 4.78 is 22.5. The lowest BCUT2D eigenvalue weighted by Gasteiger charge is -2.04. The number of hydrogen-bond donors (Lipinski definition) is 0. The topological polar surface area (TPSA) is 18.0 Å². The van der Waals surface area contributed by atoms with E-state index in [1.54, 1.807) is 18.3 Å². The molecule has 0 aliphatic heterocycles. The summed E-state index contributed by atoms with van der Waals surface area (Å²) in [6.45, 7) is 5.04. The maximum atomic E-state index is 12.8. The van der Waals surface area contributed by atoms with Crippen molar-refractivity contribution >= 4 is 17.2 Å². The number of benzene rings is 2. The van der Waals surface area contributed by atoms with E-state index < -0.39 is 0 Å². The van der Waals surface area contributed by atoms with Crippen molar-refractivity contribution in [3.8, 4) is 5.75 Å². The van der Waals surface area contributed by atoms with Crippen molar-refractivity contribution in [1.29, 1.82) is 0 Å². The predicted octanol–water partition coefficient (Wildman–Crippen LogP) is 3.25. The van der Waals surface area contributed by atoms with Gasteiger partial charge in [0.1, 0.15) is 24.7 Å². The largest absolute Gasteiger partial charge is 0.489 e. The van der Waals surface area contributed by atoms with Gasteiger partial charge in [0.25, 0.3) is 0 Å². The third kappa shape index (κ3) is 2.79. The molecule has 3 nitrogen and oxygen atoms in total. The SMILES string of the molecule is C=Cn1c[n+](CCOc2ccc(F)cc2)c2ccccc21. The number of rotatable bonds is 5. The van der Waals surface area contributed by atoms with Gasteiger partial charge in [0, 0.05) is 0 Å². The summed E-state index contributed by atoms with van der Waals surface area (Å²) in [6.07, 6.45) is 3.77. The van der Waals surface area contributed by atoms with Gasteiger partial charge in [-0.25, -0.2) is 13.5 Å². The van der Waals surface area contributed by atoms with Gasteiger partial charge in [0.15, 0.2) is 11.0 Å². The molecule has 3 aromatic rings. The highest BCUT2D eigenvalue weighted by atomic mass is 19.1. The minimum Gasteiger partial charge on any atom is -0.489 e. The molecule has 0 spiro atoms. The Bertz CT molecular complexity index is 762. The summed E-state index contributed by atoms with van der Waals surface area (Å²) in [5, 5.41) is 0. The number of ether oxygens (including phenoxy) is 1. The Labute approximate surface area is 122 Å². The minimum atomic E-state index is -0.259. The van der Waals surface area contributed by atoms with Crippen molar-refractivity contribution in [2.45, 2.75) is 6.54 Å². The number of aromatic nitrogens is 2. The van der Waals surface area contributed by atoms with Gasteiger partial charge in [-0.3, -0.25) is 0 Å². The first kappa shape index (κ1) is 13.4. The molecule has 0 fully saturated rings. The van der Waals surface area contributed by atoms with Crippen LogP contribution >= 0.6 is 0 Å². The quantitative estimate of drug-likeness (QED) is 0.657. The summed E-state index contributed by atoms with van der Waals surface area (Å²) in [6, 6.07) is 14.2. The van der Waals surface area contributed by atoms with E-state index in [1.165, 1.54) is 12.1 Å². The van der Waals surface area contributed by atoms with Crippen molar-refractivity contribution in [3.63, 3.8) is 0 Å². The van der Waals surface area contributed by atoms with E-state index in [2.05, 4.69) is 17.2 Å². The van der Waals surface area contributed by atoms with Crippen LogP contribution in [0.1, 0.15) is 0 Å². The van der Waals surface area contributed by atoms with Crippen LogP contribution in [-0.4, -0.2) is 11.2 Å². The van der Waals surface area contributed by atoms with E-state index in [-0.39, 0.29) is 5.82 Å². The number of para-hydroxylation sites is 2. The molecule has 21 heavy (non-hydrogen) atoms. The normalized spacial score (nSPS) is 10.7. The Kier molecular flexibility index (Phi) is 3.69. The molecule has 1 heterocycles. The smallest absolute Gasteiger partial charge is 0.249 e. The van der Waals surface area contributed by atoms with E-state index in [0.717, 1.165) is 11.0 Å². The molecule has 0 bridgehead atoms. The average molecular weight is 283 g/mol. The molecule has 4 heteroatoms. The highest BCUT2D eigenvalue weighted by molar-refractivity contribution is 5.73. The summed E-state index contributed by atoms with van der Waals surface area (Å²) in [7, 11) is 0. The fourth-order valence-corrected chi connectivity index (χ4v) is 2.32. The molecule has 106 valence electrons. The third-order valence-corrected chi connectivity index (χ3v) is 3.34. The monoisotopic (exact) mass is 283 g/mol. The second-order valence-corrected chi connectivity index (χ2v) is 4.69. The number of nitrogens with zero attached hydrogens (tertiary/aromatic N) is 2. The van der Waals surface area contributed by atoms with Crippen molar-refractivity contribution in [1.82, 2.24) is 4.57 Å². The lowest BCUT2D eigenvalue weighted by Crippen LogP contribution is -2.35. The van der Waals surface area contributed by atoms with Crippen LogP contribution in [0.4, 0.5) is 4.39 Å². The molecule has 1 aromatic heterocycles. The third-order valence-electron chi connectivity index (χ3n) is 3.34. The van der Waals surface area contributed by atoms with E-state index in [1.807, 2.05) is 29.1 Å². The molecule has 3 rings (SSSR count). The molecule has 0 radical (unpaired) electrons. The Hall–Kier alpha value is -2.62. The molecule has 0 saturated heterocycles. The number of halogens is 1. The predicted molar refractivity (Wildman–Crippen MR) is 80.4 cm³/mol. The lowest BCUT2D eigenvalue weighted by atomic mass is 10.3. The van der Waals surface area contributed by atoms with Gasteiger partial charge in [0.05, 0.1) is 6.20 Å². The molecule has 0 aliphatic rings. The van der Waals surface area contributed by atoms with Gasteiger partial charge in [-0.2, -0.15) is 0 Å². The molecule has 0 amide bonds. The van der Waals surface area contributed by atoms with Crippen LogP contribution in [0.15, 0.2) is 61.4 Å². The average Bonchev–Trinajstić information content (AvgIpc) is 2.88. The molecule has 0 unspecified atom stereocenters. The van der Waals surface area contributed by atoms with Gasteiger partial charge in [0.2, 0.25) is 6.33 Å². The zero-order chi connectivity index (χ0) is 14.7. The zero-order valence-electron chi connectivity index (χ0n) is 11.6. The molecule has 0 saturated carbocycles. The maximum absolute atomic E-state index is 12.8. The Morgan fingerprint density at radius 2 is 1.90 bits per heavy atom. The number of hydrogen-bond acceptors (Lipinski definition) is 1. The summed E-state index contributed by atoms with van der Waals surface area (Å²) in [4.78, 5) is 0. The first-order valence-corrected chi connectivity index (χ1v) is 6.78. The van der Waals surface area contributed by atoms with Crippen LogP contribution in [0, 0.1) is 5.82 Å². The second kappa shape index (κ2) is 5.79. The zero-order valence-corrected chi connectivity index (χ0v) is 11.6. The highest BCUT2D eigenvalue weighted by Gasteiger charge is 2.12. The standard InChI is InChI=1S/C17H16FN2O/c1-2-19-13-20(17-6-4-3-5-16(17)19)11-12-21-15-9-7-14(18)8-10-15/h2-10,13H,1,11-12H2/q+1. The van der Waals surface area contributed by atoms with Gasteiger partial charge in [-0.05, 0) is 36.4 Å². The Morgan fingerprint density at radius 1 is 1.14 bits per heavy atom. The molecule has 0 atom stereocenters. The summed E-state index contributed by atoms with van der Waals surface area (Å²) in [5.41, 5.74) is 2.23. The Balaban J connectivity index is 1.73. The minimum absolute atomic E-state index is 0.259. The van der Waals surface area contributed by atoms with Crippen LogP contribution < -0.4 is 9.30 Å². The molecule has 0 N–H and O–H groups in total. The highest BCUT2D eigenvalue weighted by Crippen LogP contribution is 2.12.